The maximum atomic E-state index is 11.9. The highest BCUT2D eigenvalue weighted by Crippen LogP contribution is 2.32. The zero-order chi connectivity index (χ0) is 15.5. The van der Waals surface area contributed by atoms with Crippen molar-refractivity contribution in [2.45, 2.75) is 57.5 Å². The van der Waals surface area contributed by atoms with E-state index in [-0.39, 0.29) is 5.91 Å². The normalized spacial score (nSPS) is 24.7. The van der Waals surface area contributed by atoms with E-state index in [1.165, 1.54) is 43.2 Å². The molecular formula is C19H28N2O. The lowest BCUT2D eigenvalue weighted by Crippen LogP contribution is -2.53. The Hall–Kier alpha value is -1.35. The zero-order valence-corrected chi connectivity index (χ0v) is 13.9. The van der Waals surface area contributed by atoms with Gasteiger partial charge in [-0.1, -0.05) is 43.5 Å². The monoisotopic (exact) mass is 300 g/mol. The minimum Gasteiger partial charge on any atom is -0.341 e. The summed E-state index contributed by atoms with van der Waals surface area (Å²) in [5.74, 6) is 1.01. The van der Waals surface area contributed by atoms with Crippen molar-refractivity contribution in [3.8, 4) is 0 Å². The van der Waals surface area contributed by atoms with Crippen LogP contribution in [0.1, 0.15) is 56.1 Å². The summed E-state index contributed by atoms with van der Waals surface area (Å²) in [5, 5.41) is 0. The standard InChI is InChI=1S/C19H28N2O/c1-15-12-21(14-19(22)20(15)2)13-16-8-10-18(11-9-16)17-6-4-3-5-7-17/h8-11,15,17H,3-7,12-14H2,1-2H3. The van der Waals surface area contributed by atoms with Crippen LogP contribution in [-0.2, 0) is 11.3 Å². The van der Waals surface area contributed by atoms with Gasteiger partial charge in [-0.05, 0) is 36.8 Å². The second-order valence-corrected chi connectivity index (χ2v) is 7.10. The van der Waals surface area contributed by atoms with Gasteiger partial charge in [0.2, 0.25) is 5.91 Å². The summed E-state index contributed by atoms with van der Waals surface area (Å²) < 4.78 is 0. The summed E-state index contributed by atoms with van der Waals surface area (Å²) >= 11 is 0. The molecule has 0 bridgehead atoms. The Morgan fingerprint density at radius 1 is 1.09 bits per heavy atom. The first kappa shape index (κ1) is 15.5. The van der Waals surface area contributed by atoms with Gasteiger partial charge in [0.1, 0.15) is 0 Å². The molecule has 2 aliphatic rings. The van der Waals surface area contributed by atoms with Crippen LogP contribution in [-0.4, -0.2) is 41.9 Å². The highest BCUT2D eigenvalue weighted by molar-refractivity contribution is 5.79. The van der Waals surface area contributed by atoms with Gasteiger partial charge in [0.25, 0.3) is 0 Å². The van der Waals surface area contributed by atoms with Crippen LogP contribution in [0.3, 0.4) is 0 Å². The lowest BCUT2D eigenvalue weighted by atomic mass is 9.84. The zero-order valence-electron chi connectivity index (χ0n) is 13.9. The molecule has 0 radical (unpaired) electrons. The number of hydrogen-bond donors (Lipinski definition) is 0. The van der Waals surface area contributed by atoms with Gasteiger partial charge in [-0.3, -0.25) is 9.69 Å². The van der Waals surface area contributed by atoms with Crippen LogP contribution in [0.5, 0.6) is 0 Å². The molecule has 3 rings (SSSR count). The number of hydrogen-bond acceptors (Lipinski definition) is 2. The van der Waals surface area contributed by atoms with Gasteiger partial charge in [0, 0.05) is 26.2 Å². The number of amides is 1. The van der Waals surface area contributed by atoms with Crippen LogP contribution in [0, 0.1) is 0 Å². The van der Waals surface area contributed by atoms with E-state index in [9.17, 15) is 4.79 Å². The largest absolute Gasteiger partial charge is 0.341 e. The van der Waals surface area contributed by atoms with E-state index in [0.717, 1.165) is 19.0 Å². The van der Waals surface area contributed by atoms with Gasteiger partial charge in [0.05, 0.1) is 6.54 Å². The van der Waals surface area contributed by atoms with Crippen molar-refractivity contribution in [3.63, 3.8) is 0 Å². The van der Waals surface area contributed by atoms with Crippen molar-refractivity contribution in [3.05, 3.63) is 35.4 Å². The maximum absolute atomic E-state index is 11.9. The molecule has 0 spiro atoms. The SMILES string of the molecule is CC1CN(Cc2ccc(C3CCCCC3)cc2)CC(=O)N1C. The van der Waals surface area contributed by atoms with Crippen molar-refractivity contribution >= 4 is 5.91 Å². The number of carbonyl (C=O) groups is 1. The molecule has 1 saturated heterocycles. The number of rotatable bonds is 3. The number of carbonyl (C=O) groups excluding carboxylic acids is 1. The number of piperazine rings is 1. The lowest BCUT2D eigenvalue weighted by molar-refractivity contribution is -0.137. The summed E-state index contributed by atoms with van der Waals surface area (Å²) in [7, 11) is 1.91. The van der Waals surface area contributed by atoms with E-state index in [0.29, 0.717) is 12.6 Å². The minimum atomic E-state index is 0.234. The Labute approximate surface area is 134 Å². The van der Waals surface area contributed by atoms with Crippen LogP contribution in [0.2, 0.25) is 0 Å². The van der Waals surface area contributed by atoms with E-state index < -0.39 is 0 Å². The Morgan fingerprint density at radius 3 is 2.41 bits per heavy atom. The molecule has 22 heavy (non-hydrogen) atoms. The van der Waals surface area contributed by atoms with E-state index in [4.69, 9.17) is 0 Å². The van der Waals surface area contributed by atoms with Crippen molar-refractivity contribution in [2.24, 2.45) is 0 Å². The third-order valence-electron chi connectivity index (χ3n) is 5.40. The molecular weight excluding hydrogens is 272 g/mol. The van der Waals surface area contributed by atoms with Crippen LogP contribution >= 0.6 is 0 Å². The highest BCUT2D eigenvalue weighted by Gasteiger charge is 2.26. The van der Waals surface area contributed by atoms with Crippen LogP contribution in [0.25, 0.3) is 0 Å². The van der Waals surface area contributed by atoms with Crippen molar-refractivity contribution in [1.29, 1.82) is 0 Å². The van der Waals surface area contributed by atoms with Crippen molar-refractivity contribution in [1.82, 2.24) is 9.80 Å². The summed E-state index contributed by atoms with van der Waals surface area (Å²) in [4.78, 5) is 16.1. The summed E-state index contributed by atoms with van der Waals surface area (Å²) in [6.45, 7) is 4.52. The molecule has 1 amide bonds. The minimum absolute atomic E-state index is 0.234. The Morgan fingerprint density at radius 2 is 1.77 bits per heavy atom. The fourth-order valence-corrected chi connectivity index (χ4v) is 3.82. The van der Waals surface area contributed by atoms with Gasteiger partial charge >= 0.3 is 0 Å². The van der Waals surface area contributed by atoms with E-state index in [2.05, 4.69) is 36.1 Å². The Bertz CT molecular complexity index is 505. The van der Waals surface area contributed by atoms with Gasteiger partial charge in [-0.25, -0.2) is 0 Å². The van der Waals surface area contributed by atoms with Crippen LogP contribution in [0.15, 0.2) is 24.3 Å². The van der Waals surface area contributed by atoms with Crippen LogP contribution in [0.4, 0.5) is 0 Å². The molecule has 2 fully saturated rings. The fraction of sp³-hybridized carbons (Fsp3) is 0.632. The number of nitrogens with zero attached hydrogens (tertiary/aromatic N) is 2. The number of likely N-dealkylation sites (N-methyl/N-ethyl adjacent to an activating group) is 1. The van der Waals surface area contributed by atoms with Crippen molar-refractivity contribution < 1.29 is 4.79 Å². The molecule has 1 aliphatic heterocycles. The quantitative estimate of drug-likeness (QED) is 0.854. The van der Waals surface area contributed by atoms with E-state index in [1.807, 2.05) is 11.9 Å². The molecule has 3 heteroatoms. The van der Waals surface area contributed by atoms with Crippen LogP contribution < -0.4 is 0 Å². The predicted molar refractivity (Wildman–Crippen MR) is 89.8 cm³/mol. The maximum Gasteiger partial charge on any atom is 0.236 e. The predicted octanol–water partition coefficient (Wildman–Crippen LogP) is 3.40. The summed E-state index contributed by atoms with van der Waals surface area (Å²) in [6, 6.07) is 9.46. The first-order valence-corrected chi connectivity index (χ1v) is 8.70. The summed E-state index contributed by atoms with van der Waals surface area (Å²) in [5.41, 5.74) is 2.83. The van der Waals surface area contributed by atoms with Crippen molar-refractivity contribution in [2.75, 3.05) is 20.1 Å². The molecule has 1 saturated carbocycles. The van der Waals surface area contributed by atoms with Gasteiger partial charge < -0.3 is 4.90 Å². The molecule has 1 unspecified atom stereocenters. The lowest BCUT2D eigenvalue weighted by Gasteiger charge is -2.37. The molecule has 1 aromatic carbocycles. The van der Waals surface area contributed by atoms with Gasteiger partial charge in [-0.2, -0.15) is 0 Å². The average molecular weight is 300 g/mol. The molecule has 0 aromatic heterocycles. The first-order chi connectivity index (χ1) is 10.6. The van der Waals surface area contributed by atoms with Gasteiger partial charge in [0.15, 0.2) is 0 Å². The first-order valence-electron chi connectivity index (χ1n) is 8.70. The topological polar surface area (TPSA) is 23.6 Å². The Kier molecular flexibility index (Phi) is 4.82. The smallest absolute Gasteiger partial charge is 0.236 e. The summed E-state index contributed by atoms with van der Waals surface area (Å²) in [6.07, 6.45) is 6.87. The van der Waals surface area contributed by atoms with E-state index >= 15 is 0 Å². The average Bonchev–Trinajstić information content (AvgIpc) is 2.54. The second-order valence-electron chi connectivity index (χ2n) is 7.10. The molecule has 0 N–H and O–H groups in total. The van der Waals surface area contributed by atoms with E-state index in [1.54, 1.807) is 0 Å². The molecule has 1 aliphatic carbocycles. The third kappa shape index (κ3) is 3.52. The van der Waals surface area contributed by atoms with Gasteiger partial charge in [-0.15, -0.1) is 0 Å². The molecule has 120 valence electrons. The Balaban J connectivity index is 1.60. The molecule has 1 atom stereocenters. The third-order valence-corrected chi connectivity index (χ3v) is 5.40. The molecule has 1 heterocycles. The molecule has 3 nitrogen and oxygen atoms in total. The second kappa shape index (κ2) is 6.82. The molecule has 1 aromatic rings. The fourth-order valence-electron chi connectivity index (χ4n) is 3.82. The number of benzene rings is 1. The highest BCUT2D eigenvalue weighted by atomic mass is 16.2.